The molecule has 0 saturated carbocycles. The fraction of sp³-hybridized carbons (Fsp3) is 0.0833. The van der Waals surface area contributed by atoms with Crippen molar-refractivity contribution >= 4 is 17.6 Å². The summed E-state index contributed by atoms with van der Waals surface area (Å²) in [7, 11) is 1.43. The van der Waals surface area contributed by atoms with Crippen LogP contribution in [0.2, 0.25) is 0 Å². The molecule has 7 nitrogen and oxygen atoms in total. The minimum Gasteiger partial charge on any atom is -0.497 e. The topological polar surface area (TPSA) is 104 Å². The van der Waals surface area contributed by atoms with Gasteiger partial charge in [0.2, 0.25) is 0 Å². The Labute approximate surface area is 108 Å². The van der Waals surface area contributed by atoms with Crippen LogP contribution in [0, 0.1) is 0 Å². The van der Waals surface area contributed by atoms with E-state index in [1.165, 1.54) is 31.5 Å². The van der Waals surface area contributed by atoms with E-state index in [4.69, 9.17) is 9.84 Å². The number of carboxylic acid groups (broad SMARTS) is 1. The lowest BCUT2D eigenvalue weighted by Gasteiger charge is -2.09. The fourth-order valence-electron chi connectivity index (χ4n) is 1.51. The lowest BCUT2D eigenvalue weighted by atomic mass is 10.1. The van der Waals surface area contributed by atoms with E-state index in [9.17, 15) is 9.59 Å². The standard InChI is InChI=1S/C12H11N3O4/c1-19-7-2-3-9(8(6-7)12(17)18)14-11(16)10-4-5-13-15-10/h2-6H,1H3,(H,13,15)(H,14,16)(H,17,18). The highest BCUT2D eigenvalue weighted by Crippen LogP contribution is 2.22. The van der Waals surface area contributed by atoms with Crippen molar-refractivity contribution in [2.45, 2.75) is 0 Å². The third-order valence-electron chi connectivity index (χ3n) is 2.45. The van der Waals surface area contributed by atoms with Crippen LogP contribution in [-0.2, 0) is 0 Å². The van der Waals surface area contributed by atoms with Gasteiger partial charge in [-0.15, -0.1) is 0 Å². The summed E-state index contributed by atoms with van der Waals surface area (Å²) in [5.41, 5.74) is 0.382. The normalized spacial score (nSPS) is 9.95. The van der Waals surface area contributed by atoms with Gasteiger partial charge in [0, 0.05) is 6.20 Å². The Bertz CT molecular complexity index is 607. The van der Waals surface area contributed by atoms with Gasteiger partial charge in [-0.1, -0.05) is 0 Å². The van der Waals surface area contributed by atoms with Crippen LogP contribution in [0.5, 0.6) is 5.75 Å². The first-order valence-electron chi connectivity index (χ1n) is 5.34. The zero-order valence-electron chi connectivity index (χ0n) is 10.0. The van der Waals surface area contributed by atoms with Crippen LogP contribution < -0.4 is 10.1 Å². The molecular weight excluding hydrogens is 250 g/mol. The number of benzene rings is 1. The second-order valence-electron chi connectivity index (χ2n) is 3.64. The number of aromatic nitrogens is 2. The molecule has 3 N–H and O–H groups in total. The van der Waals surface area contributed by atoms with E-state index >= 15 is 0 Å². The van der Waals surface area contributed by atoms with E-state index in [0.717, 1.165) is 0 Å². The van der Waals surface area contributed by atoms with Crippen LogP contribution in [0.4, 0.5) is 5.69 Å². The van der Waals surface area contributed by atoms with Crippen LogP contribution >= 0.6 is 0 Å². The first-order chi connectivity index (χ1) is 9.11. The molecule has 0 spiro atoms. The maximum atomic E-state index is 11.8. The van der Waals surface area contributed by atoms with Crippen LogP contribution in [-0.4, -0.2) is 34.3 Å². The van der Waals surface area contributed by atoms with Crippen LogP contribution in [0.3, 0.4) is 0 Å². The molecule has 1 aromatic carbocycles. The van der Waals surface area contributed by atoms with E-state index in [0.29, 0.717) is 5.75 Å². The smallest absolute Gasteiger partial charge is 0.337 e. The third kappa shape index (κ3) is 2.71. The van der Waals surface area contributed by atoms with Crippen LogP contribution in [0.15, 0.2) is 30.5 Å². The van der Waals surface area contributed by atoms with Crippen LogP contribution in [0.1, 0.15) is 20.8 Å². The highest BCUT2D eigenvalue weighted by molar-refractivity contribution is 6.06. The molecular formula is C12H11N3O4. The lowest BCUT2D eigenvalue weighted by Crippen LogP contribution is -2.15. The summed E-state index contributed by atoms with van der Waals surface area (Å²) in [4.78, 5) is 22.9. The van der Waals surface area contributed by atoms with Crippen LogP contribution in [0.25, 0.3) is 0 Å². The number of methoxy groups -OCH3 is 1. The van der Waals surface area contributed by atoms with Crippen molar-refractivity contribution in [3.63, 3.8) is 0 Å². The first kappa shape index (κ1) is 12.6. The number of amides is 1. The molecule has 19 heavy (non-hydrogen) atoms. The summed E-state index contributed by atoms with van der Waals surface area (Å²) >= 11 is 0. The van der Waals surface area contributed by atoms with Gasteiger partial charge in [0.05, 0.1) is 18.4 Å². The molecule has 2 aromatic rings. The van der Waals surface area contributed by atoms with E-state index in [-0.39, 0.29) is 16.9 Å². The molecule has 0 aliphatic carbocycles. The second kappa shape index (κ2) is 5.21. The molecule has 0 fully saturated rings. The number of nitrogens with zero attached hydrogens (tertiary/aromatic N) is 1. The number of rotatable bonds is 4. The summed E-state index contributed by atoms with van der Waals surface area (Å²) in [6, 6.07) is 5.86. The summed E-state index contributed by atoms with van der Waals surface area (Å²) in [5.74, 6) is -1.22. The average molecular weight is 261 g/mol. The van der Waals surface area contributed by atoms with Crippen molar-refractivity contribution < 1.29 is 19.4 Å². The van der Waals surface area contributed by atoms with Gasteiger partial charge in [-0.05, 0) is 24.3 Å². The predicted molar refractivity (Wildman–Crippen MR) is 66.5 cm³/mol. The number of nitrogens with one attached hydrogen (secondary N) is 2. The summed E-state index contributed by atoms with van der Waals surface area (Å²) in [6.07, 6.45) is 1.43. The Hall–Kier alpha value is -2.83. The van der Waals surface area contributed by atoms with Gasteiger partial charge >= 0.3 is 5.97 Å². The van der Waals surface area contributed by atoms with Gasteiger partial charge in [-0.2, -0.15) is 5.10 Å². The summed E-state index contributed by atoms with van der Waals surface area (Å²) in [6.45, 7) is 0. The minimum absolute atomic E-state index is 0.0489. The quantitative estimate of drug-likeness (QED) is 0.771. The average Bonchev–Trinajstić information content (AvgIpc) is 2.92. The molecule has 0 atom stereocenters. The van der Waals surface area contributed by atoms with E-state index in [1.807, 2.05) is 0 Å². The number of H-pyrrole nitrogens is 1. The van der Waals surface area contributed by atoms with Gasteiger partial charge in [0.1, 0.15) is 11.4 Å². The van der Waals surface area contributed by atoms with Crippen molar-refractivity contribution in [1.29, 1.82) is 0 Å². The van der Waals surface area contributed by atoms with Crippen molar-refractivity contribution in [1.82, 2.24) is 10.2 Å². The monoisotopic (exact) mass is 261 g/mol. The Balaban J connectivity index is 2.29. The molecule has 0 bridgehead atoms. The van der Waals surface area contributed by atoms with E-state index < -0.39 is 11.9 Å². The van der Waals surface area contributed by atoms with Gasteiger partial charge in [-0.3, -0.25) is 9.89 Å². The number of aromatic amines is 1. The molecule has 0 aliphatic heterocycles. The number of hydrogen-bond donors (Lipinski definition) is 3. The van der Waals surface area contributed by atoms with Crippen molar-refractivity contribution in [3.8, 4) is 5.75 Å². The van der Waals surface area contributed by atoms with Gasteiger partial charge in [0.25, 0.3) is 5.91 Å². The summed E-state index contributed by atoms with van der Waals surface area (Å²) in [5, 5.41) is 17.7. The molecule has 7 heteroatoms. The van der Waals surface area contributed by atoms with Crippen molar-refractivity contribution in [3.05, 3.63) is 41.7 Å². The Morgan fingerprint density at radius 2 is 2.16 bits per heavy atom. The molecule has 1 amide bonds. The molecule has 0 unspecified atom stereocenters. The van der Waals surface area contributed by atoms with Crippen molar-refractivity contribution in [2.24, 2.45) is 0 Å². The number of ether oxygens (including phenoxy) is 1. The number of hydrogen-bond acceptors (Lipinski definition) is 4. The van der Waals surface area contributed by atoms with Gasteiger partial charge in [-0.25, -0.2) is 4.79 Å². The fourth-order valence-corrected chi connectivity index (χ4v) is 1.51. The zero-order valence-corrected chi connectivity index (χ0v) is 10.0. The van der Waals surface area contributed by atoms with Crippen molar-refractivity contribution in [2.75, 3.05) is 12.4 Å². The molecule has 0 saturated heterocycles. The maximum Gasteiger partial charge on any atom is 0.337 e. The molecule has 0 aliphatic rings. The zero-order chi connectivity index (χ0) is 13.8. The minimum atomic E-state index is -1.15. The molecule has 0 radical (unpaired) electrons. The molecule has 1 heterocycles. The second-order valence-corrected chi connectivity index (χ2v) is 3.64. The Morgan fingerprint density at radius 1 is 1.37 bits per heavy atom. The number of carbonyl (C=O) groups excluding carboxylic acids is 1. The number of carboxylic acids is 1. The molecule has 2 rings (SSSR count). The molecule has 98 valence electrons. The molecule has 1 aromatic heterocycles. The van der Waals surface area contributed by atoms with E-state index in [2.05, 4.69) is 15.5 Å². The number of carbonyl (C=O) groups is 2. The highest BCUT2D eigenvalue weighted by atomic mass is 16.5. The van der Waals surface area contributed by atoms with Gasteiger partial charge < -0.3 is 15.2 Å². The predicted octanol–water partition coefficient (Wildman–Crippen LogP) is 1.37. The highest BCUT2D eigenvalue weighted by Gasteiger charge is 2.15. The number of anilines is 1. The largest absolute Gasteiger partial charge is 0.497 e. The maximum absolute atomic E-state index is 11.8. The third-order valence-corrected chi connectivity index (χ3v) is 2.45. The van der Waals surface area contributed by atoms with E-state index in [1.54, 1.807) is 6.07 Å². The SMILES string of the molecule is COc1ccc(NC(=O)c2ccn[nH]2)c(C(=O)O)c1. The summed E-state index contributed by atoms with van der Waals surface area (Å²) < 4.78 is 4.95. The first-order valence-corrected chi connectivity index (χ1v) is 5.34. The lowest BCUT2D eigenvalue weighted by molar-refractivity contribution is 0.0697. The van der Waals surface area contributed by atoms with Gasteiger partial charge in [0.15, 0.2) is 0 Å². The Morgan fingerprint density at radius 3 is 2.74 bits per heavy atom. The number of aromatic carboxylic acids is 1. The Kier molecular flexibility index (Phi) is 3.46.